The van der Waals surface area contributed by atoms with Gasteiger partial charge in [-0.25, -0.2) is 0 Å². The van der Waals surface area contributed by atoms with E-state index in [1.54, 1.807) is 11.1 Å². The smallest absolute Gasteiger partial charge is 0.0161 e. The highest BCUT2D eigenvalue weighted by atomic mass is 15.2. The highest BCUT2D eigenvalue weighted by Crippen LogP contribution is 2.45. The number of hydrogen-bond donors (Lipinski definition) is 0. The minimum absolute atomic E-state index is 0.267. The molecular weight excluding hydrogens is 314 g/mol. The molecule has 1 aliphatic heterocycles. The number of nitrogens with zero attached hydrogens (tertiary/aromatic N) is 1. The van der Waals surface area contributed by atoms with Crippen LogP contribution in [0.3, 0.4) is 0 Å². The molecule has 3 rings (SSSR count). The molecule has 0 atom stereocenters. The number of hydrogen-bond acceptors (Lipinski definition) is 1. The first-order chi connectivity index (χ1) is 12.2. The van der Waals surface area contributed by atoms with Crippen molar-refractivity contribution in [3.05, 3.63) is 35.4 Å². The molecule has 1 aromatic rings. The second-order valence-corrected chi connectivity index (χ2v) is 10.5. The Morgan fingerprint density at radius 1 is 0.808 bits per heavy atom. The van der Waals surface area contributed by atoms with Gasteiger partial charge in [0.25, 0.3) is 0 Å². The lowest BCUT2D eigenvalue weighted by Gasteiger charge is -2.54. The van der Waals surface area contributed by atoms with Crippen molar-refractivity contribution >= 4 is 0 Å². The van der Waals surface area contributed by atoms with E-state index in [2.05, 4.69) is 70.8 Å². The van der Waals surface area contributed by atoms with Gasteiger partial charge in [0.05, 0.1) is 0 Å². The zero-order valence-corrected chi connectivity index (χ0v) is 18.1. The van der Waals surface area contributed by atoms with Crippen LogP contribution in [0.15, 0.2) is 24.3 Å². The molecule has 0 N–H and O–H groups in total. The maximum Gasteiger partial charge on any atom is 0.0161 e. The fourth-order valence-electron chi connectivity index (χ4n) is 5.84. The zero-order chi connectivity index (χ0) is 18.9. The van der Waals surface area contributed by atoms with E-state index >= 15 is 0 Å². The first kappa shape index (κ1) is 19.9. The lowest BCUT2D eigenvalue weighted by atomic mass is 9.71. The molecule has 0 amide bonds. The second-order valence-electron chi connectivity index (χ2n) is 10.5. The highest BCUT2D eigenvalue weighted by Gasteiger charge is 2.43. The van der Waals surface area contributed by atoms with E-state index in [4.69, 9.17) is 0 Å². The van der Waals surface area contributed by atoms with Crippen molar-refractivity contribution in [3.63, 3.8) is 0 Å². The monoisotopic (exact) mass is 355 g/mol. The summed E-state index contributed by atoms with van der Waals surface area (Å²) in [4.78, 5) is 2.58. The lowest BCUT2D eigenvalue weighted by molar-refractivity contribution is -0.0128. The lowest BCUT2D eigenvalue weighted by Crippen LogP contribution is -2.58. The van der Waals surface area contributed by atoms with Gasteiger partial charge in [-0.2, -0.15) is 0 Å². The van der Waals surface area contributed by atoms with E-state index in [1.165, 1.54) is 51.4 Å². The number of rotatable bonds is 4. The van der Waals surface area contributed by atoms with Crippen molar-refractivity contribution in [2.75, 3.05) is 7.05 Å². The van der Waals surface area contributed by atoms with Crippen molar-refractivity contribution in [3.8, 4) is 0 Å². The number of piperidine rings is 1. The molecule has 1 heterocycles. The molecule has 0 radical (unpaired) electrons. The summed E-state index contributed by atoms with van der Waals surface area (Å²) in [5.74, 6) is 2.49. The molecule has 0 spiro atoms. The molecule has 1 heteroatoms. The predicted molar refractivity (Wildman–Crippen MR) is 114 cm³/mol. The summed E-state index contributed by atoms with van der Waals surface area (Å²) in [6, 6.07) is 9.82. The van der Waals surface area contributed by atoms with Gasteiger partial charge in [0.1, 0.15) is 0 Å². The molecule has 1 aliphatic carbocycles. The molecule has 2 fully saturated rings. The van der Waals surface area contributed by atoms with E-state index < -0.39 is 0 Å². The third kappa shape index (κ3) is 4.19. The van der Waals surface area contributed by atoms with E-state index in [1.807, 2.05) is 0 Å². The zero-order valence-electron chi connectivity index (χ0n) is 18.1. The molecule has 0 aromatic heterocycles. The summed E-state index contributed by atoms with van der Waals surface area (Å²) in [5.41, 5.74) is 3.68. The second kappa shape index (κ2) is 7.66. The summed E-state index contributed by atoms with van der Waals surface area (Å²) < 4.78 is 0. The molecule has 1 nitrogen and oxygen atoms in total. The summed E-state index contributed by atoms with van der Waals surface area (Å²) in [7, 11) is 2.30. The van der Waals surface area contributed by atoms with Gasteiger partial charge in [0.2, 0.25) is 0 Å². The van der Waals surface area contributed by atoms with Crippen LogP contribution in [-0.2, 0) is 0 Å². The van der Waals surface area contributed by atoms with Gasteiger partial charge in [-0.15, -0.1) is 0 Å². The van der Waals surface area contributed by atoms with E-state index in [-0.39, 0.29) is 11.1 Å². The average molecular weight is 356 g/mol. The first-order valence-electron chi connectivity index (χ1n) is 11.1. The molecular formula is C25H41N. The molecule has 0 bridgehead atoms. The highest BCUT2D eigenvalue weighted by molar-refractivity contribution is 5.29. The Hall–Kier alpha value is -0.820. The summed E-state index contributed by atoms with van der Waals surface area (Å²) >= 11 is 0. The molecule has 2 aliphatic rings. The fourth-order valence-corrected chi connectivity index (χ4v) is 5.84. The molecule has 146 valence electrons. The van der Waals surface area contributed by atoms with E-state index in [0.717, 1.165) is 11.8 Å². The molecule has 1 aromatic carbocycles. The number of benzene rings is 1. The van der Waals surface area contributed by atoms with Gasteiger partial charge in [-0.05, 0) is 102 Å². The first-order valence-corrected chi connectivity index (χ1v) is 11.1. The third-order valence-corrected chi connectivity index (χ3v) is 7.73. The SMILES string of the molecule is CCC[C@H]1CC[C@H](c2ccc(C3CC(C)(C)N(C)C(C)(C)C3)cc2)CC1. The van der Waals surface area contributed by atoms with E-state index in [0.29, 0.717) is 5.92 Å². The maximum atomic E-state index is 2.58. The van der Waals surface area contributed by atoms with Crippen molar-refractivity contribution in [1.29, 1.82) is 0 Å². The van der Waals surface area contributed by atoms with Crippen LogP contribution in [0.5, 0.6) is 0 Å². The Morgan fingerprint density at radius 3 is 1.73 bits per heavy atom. The number of likely N-dealkylation sites (tertiary alicyclic amines) is 1. The van der Waals surface area contributed by atoms with Crippen LogP contribution in [-0.4, -0.2) is 23.0 Å². The molecule has 26 heavy (non-hydrogen) atoms. The Labute approximate surface area is 162 Å². The average Bonchev–Trinajstić information content (AvgIpc) is 2.60. The Morgan fingerprint density at radius 2 is 1.27 bits per heavy atom. The van der Waals surface area contributed by atoms with Crippen LogP contribution >= 0.6 is 0 Å². The van der Waals surface area contributed by atoms with E-state index in [9.17, 15) is 0 Å². The van der Waals surface area contributed by atoms with Crippen LogP contribution in [0.4, 0.5) is 0 Å². The van der Waals surface area contributed by atoms with Crippen molar-refractivity contribution in [1.82, 2.24) is 4.90 Å². The van der Waals surface area contributed by atoms with Gasteiger partial charge in [0.15, 0.2) is 0 Å². The minimum Gasteiger partial charge on any atom is -0.296 e. The molecule has 0 unspecified atom stereocenters. The van der Waals surface area contributed by atoms with Gasteiger partial charge < -0.3 is 0 Å². The van der Waals surface area contributed by atoms with Crippen LogP contribution in [0.1, 0.15) is 109 Å². The summed E-state index contributed by atoms with van der Waals surface area (Å²) in [5, 5.41) is 0. The minimum atomic E-state index is 0.267. The molecule has 1 saturated carbocycles. The quantitative estimate of drug-likeness (QED) is 0.555. The third-order valence-electron chi connectivity index (χ3n) is 7.73. The van der Waals surface area contributed by atoms with Crippen molar-refractivity contribution in [2.24, 2.45) is 5.92 Å². The summed E-state index contributed by atoms with van der Waals surface area (Å²) in [6.45, 7) is 12.0. The molecule has 1 saturated heterocycles. The predicted octanol–water partition coefficient (Wildman–Crippen LogP) is 7.13. The Kier molecular flexibility index (Phi) is 5.87. The fraction of sp³-hybridized carbons (Fsp3) is 0.760. The topological polar surface area (TPSA) is 3.24 Å². The van der Waals surface area contributed by atoms with Crippen LogP contribution in [0.25, 0.3) is 0 Å². The van der Waals surface area contributed by atoms with Crippen molar-refractivity contribution < 1.29 is 0 Å². The normalized spacial score (nSPS) is 29.6. The van der Waals surface area contributed by atoms with Gasteiger partial charge in [-0.1, -0.05) is 44.0 Å². The van der Waals surface area contributed by atoms with Crippen LogP contribution in [0, 0.1) is 5.92 Å². The summed E-state index contributed by atoms with van der Waals surface area (Å²) in [6.07, 6.45) is 11.0. The van der Waals surface area contributed by atoms with Crippen LogP contribution in [0.2, 0.25) is 0 Å². The van der Waals surface area contributed by atoms with Crippen LogP contribution < -0.4 is 0 Å². The van der Waals surface area contributed by atoms with Crippen molar-refractivity contribution in [2.45, 2.75) is 109 Å². The Balaban J connectivity index is 1.67. The van der Waals surface area contributed by atoms with Gasteiger partial charge >= 0.3 is 0 Å². The maximum absolute atomic E-state index is 2.58. The van der Waals surface area contributed by atoms with Gasteiger partial charge in [-0.3, -0.25) is 4.90 Å². The standard InChI is InChI=1S/C25H41N/c1-7-8-19-9-11-20(12-10-19)21-13-15-22(16-14-21)23-17-24(2,3)26(6)25(4,5)18-23/h13-16,19-20,23H,7-12,17-18H2,1-6H3/t19-,20-. The van der Waals surface area contributed by atoms with Gasteiger partial charge in [0, 0.05) is 11.1 Å². The Bertz CT molecular complexity index is 557. The largest absolute Gasteiger partial charge is 0.296 e.